The number of fused-ring (bicyclic) bond motifs is 3. The Labute approximate surface area is 215 Å². The number of hydrogen-bond donors (Lipinski definition) is 2. The van der Waals surface area contributed by atoms with Crippen molar-refractivity contribution in [2.75, 3.05) is 17.3 Å². The molecule has 1 aromatic carbocycles. The zero-order valence-electron chi connectivity index (χ0n) is 21.2. The summed E-state index contributed by atoms with van der Waals surface area (Å²) < 4.78 is 30.7. The Hall–Kier alpha value is -3.73. The lowest BCUT2D eigenvalue weighted by Gasteiger charge is -2.35. The fourth-order valence-electron chi connectivity index (χ4n) is 5.09. The minimum absolute atomic E-state index is 0.0565. The first kappa shape index (κ1) is 24.9. The van der Waals surface area contributed by atoms with Gasteiger partial charge in [0.05, 0.1) is 17.3 Å². The number of anilines is 1. The van der Waals surface area contributed by atoms with Crippen LogP contribution < -0.4 is 15.4 Å². The van der Waals surface area contributed by atoms with Crippen LogP contribution in [0.3, 0.4) is 0 Å². The number of carbonyl (C=O) groups is 2. The van der Waals surface area contributed by atoms with Gasteiger partial charge in [0.1, 0.15) is 17.1 Å². The van der Waals surface area contributed by atoms with Gasteiger partial charge in [0.2, 0.25) is 5.91 Å². The topological polar surface area (TPSA) is 132 Å². The van der Waals surface area contributed by atoms with Crippen molar-refractivity contribution in [3.8, 4) is 11.6 Å². The summed E-state index contributed by atoms with van der Waals surface area (Å²) >= 11 is 0. The maximum Gasteiger partial charge on any atom is 0.257 e. The quantitative estimate of drug-likeness (QED) is 0.507. The number of aromatic nitrogens is 3. The number of rotatable bonds is 6. The Kier molecular flexibility index (Phi) is 6.06. The summed E-state index contributed by atoms with van der Waals surface area (Å²) in [6.07, 6.45) is 4.58. The highest BCUT2D eigenvalue weighted by molar-refractivity contribution is 7.91. The number of sulfone groups is 1. The molecule has 2 N–H and O–H groups in total. The Bertz CT molecular complexity index is 1510. The first-order valence-corrected chi connectivity index (χ1v) is 14.2. The highest BCUT2D eigenvalue weighted by Gasteiger charge is 2.46. The van der Waals surface area contributed by atoms with Gasteiger partial charge in [-0.05, 0) is 68.5 Å². The average Bonchev–Trinajstić information content (AvgIpc) is 3.31. The molecule has 11 heteroatoms. The highest BCUT2D eigenvalue weighted by Crippen LogP contribution is 2.44. The van der Waals surface area contributed by atoms with Crippen molar-refractivity contribution in [2.24, 2.45) is 0 Å². The summed E-state index contributed by atoms with van der Waals surface area (Å²) in [4.78, 5) is 30.6. The van der Waals surface area contributed by atoms with Gasteiger partial charge >= 0.3 is 0 Å². The van der Waals surface area contributed by atoms with E-state index in [0.29, 0.717) is 24.4 Å². The van der Waals surface area contributed by atoms with E-state index in [4.69, 9.17) is 9.84 Å². The van der Waals surface area contributed by atoms with Gasteiger partial charge in [0.25, 0.3) is 5.91 Å². The summed E-state index contributed by atoms with van der Waals surface area (Å²) in [6.45, 7) is 5.85. The van der Waals surface area contributed by atoms with Crippen molar-refractivity contribution < 1.29 is 22.7 Å². The second-order valence-corrected chi connectivity index (χ2v) is 12.2. The predicted octanol–water partition coefficient (Wildman–Crippen LogP) is 2.47. The second-order valence-electron chi connectivity index (χ2n) is 10.1. The highest BCUT2D eigenvalue weighted by atomic mass is 32.2. The molecule has 3 heterocycles. The molecule has 5 rings (SSSR count). The molecule has 194 valence electrons. The third-order valence-electron chi connectivity index (χ3n) is 6.56. The molecule has 0 saturated heterocycles. The zero-order chi connectivity index (χ0) is 26.5. The minimum Gasteiger partial charge on any atom is -0.491 e. The molecule has 10 nitrogen and oxygen atoms in total. The third kappa shape index (κ3) is 4.83. The Balaban J connectivity index is 1.56. The first-order chi connectivity index (χ1) is 17.4. The molecule has 1 aliphatic carbocycles. The summed E-state index contributed by atoms with van der Waals surface area (Å²) in [7, 11) is -3.58. The molecule has 0 saturated carbocycles. The van der Waals surface area contributed by atoms with E-state index in [-0.39, 0.29) is 23.4 Å². The van der Waals surface area contributed by atoms with Gasteiger partial charge in [-0.25, -0.2) is 13.4 Å². The molecule has 0 fully saturated rings. The summed E-state index contributed by atoms with van der Waals surface area (Å²) in [5.74, 6) is -0.557. The van der Waals surface area contributed by atoms with Gasteiger partial charge in [-0.2, -0.15) is 9.78 Å². The Morgan fingerprint density at radius 3 is 2.73 bits per heavy atom. The maximum atomic E-state index is 13.6. The van der Waals surface area contributed by atoms with Crippen LogP contribution in [0.5, 0.6) is 5.75 Å². The van der Waals surface area contributed by atoms with Crippen LogP contribution in [-0.2, 0) is 33.0 Å². The zero-order valence-corrected chi connectivity index (χ0v) is 22.0. The molecule has 1 aliphatic heterocycles. The second kappa shape index (κ2) is 8.98. The summed E-state index contributed by atoms with van der Waals surface area (Å²) in [6, 6.07) is 9.51. The van der Waals surface area contributed by atoms with E-state index in [0.717, 1.165) is 35.1 Å². The van der Waals surface area contributed by atoms with Gasteiger partial charge in [0, 0.05) is 18.9 Å². The number of hydrogen-bond acceptors (Lipinski definition) is 7. The fourth-order valence-corrected chi connectivity index (χ4v) is 5.64. The van der Waals surface area contributed by atoms with E-state index >= 15 is 0 Å². The van der Waals surface area contributed by atoms with Crippen molar-refractivity contribution in [3.63, 3.8) is 0 Å². The molecule has 1 spiro atoms. The van der Waals surface area contributed by atoms with Crippen LogP contribution >= 0.6 is 0 Å². The number of aryl methyl sites for hydroxylation is 2. The van der Waals surface area contributed by atoms with Crippen LogP contribution in [0.2, 0.25) is 0 Å². The largest absolute Gasteiger partial charge is 0.491 e. The molecule has 2 aromatic heterocycles. The number of nitrogens with zero attached hydrogens (tertiary/aromatic N) is 3. The molecule has 2 aliphatic rings. The van der Waals surface area contributed by atoms with E-state index in [9.17, 15) is 18.0 Å². The lowest BCUT2D eigenvalue weighted by atomic mass is 9.82. The fraction of sp³-hybridized carbons (Fsp3) is 0.385. The van der Waals surface area contributed by atoms with E-state index in [2.05, 4.69) is 15.6 Å². The normalized spacial score (nSPS) is 18.5. The number of nitrogens with one attached hydrogen (secondary N) is 2. The number of amides is 2. The van der Waals surface area contributed by atoms with Gasteiger partial charge < -0.3 is 15.4 Å². The monoisotopic (exact) mass is 523 g/mol. The van der Waals surface area contributed by atoms with Crippen molar-refractivity contribution in [1.29, 1.82) is 0 Å². The minimum atomic E-state index is -3.58. The molecule has 3 aromatic rings. The molecule has 0 radical (unpaired) electrons. The van der Waals surface area contributed by atoms with Crippen molar-refractivity contribution in [2.45, 2.75) is 51.7 Å². The van der Waals surface area contributed by atoms with E-state index < -0.39 is 27.0 Å². The lowest BCUT2D eigenvalue weighted by molar-refractivity contribution is -0.113. The molecule has 0 bridgehead atoms. The van der Waals surface area contributed by atoms with Crippen LogP contribution in [0.1, 0.15) is 53.0 Å². The van der Waals surface area contributed by atoms with Crippen LogP contribution in [0.15, 0.2) is 36.5 Å². The molecular weight excluding hydrogens is 494 g/mol. The van der Waals surface area contributed by atoms with Gasteiger partial charge in [-0.1, -0.05) is 12.1 Å². The van der Waals surface area contributed by atoms with Gasteiger partial charge in [-0.3, -0.25) is 9.59 Å². The van der Waals surface area contributed by atoms with E-state index in [1.807, 2.05) is 45.0 Å². The molecule has 1 atom stereocenters. The Morgan fingerprint density at radius 2 is 2.05 bits per heavy atom. The molecule has 2 amide bonds. The summed E-state index contributed by atoms with van der Waals surface area (Å²) in [5, 5.41) is 10.5. The van der Waals surface area contributed by atoms with Crippen LogP contribution in [0.4, 0.5) is 5.82 Å². The van der Waals surface area contributed by atoms with Crippen LogP contribution in [0.25, 0.3) is 5.82 Å². The van der Waals surface area contributed by atoms with Crippen molar-refractivity contribution >= 4 is 27.5 Å². The third-order valence-corrected chi connectivity index (χ3v) is 7.34. The van der Waals surface area contributed by atoms with Crippen LogP contribution in [-0.4, -0.2) is 53.1 Å². The van der Waals surface area contributed by atoms with E-state index in [1.54, 1.807) is 12.3 Å². The number of ether oxygens (including phenoxy) is 1. The molecule has 0 unspecified atom stereocenters. The lowest BCUT2D eigenvalue weighted by Crippen LogP contribution is -2.49. The van der Waals surface area contributed by atoms with Crippen molar-refractivity contribution in [1.82, 2.24) is 20.1 Å². The molecular formula is C26H29N5O5S. The first-order valence-electron chi connectivity index (χ1n) is 12.1. The maximum absolute atomic E-state index is 13.6. The van der Waals surface area contributed by atoms with Gasteiger partial charge in [-0.15, -0.1) is 0 Å². The predicted molar refractivity (Wildman–Crippen MR) is 138 cm³/mol. The number of pyridine rings is 1. The van der Waals surface area contributed by atoms with Crippen LogP contribution in [0, 0.1) is 6.92 Å². The Morgan fingerprint density at radius 1 is 1.27 bits per heavy atom. The van der Waals surface area contributed by atoms with Crippen molar-refractivity contribution in [3.05, 3.63) is 64.5 Å². The standard InChI is InChI=1S/C26H29N5O5S/c1-15(2)36-18-6-7-19-17(11-18)9-10-26(19)12-20-23(25(33)29-26)24(28-22(32)14-37(4,34)35)31(30-20)21-8-5-16(3)13-27-21/h5-8,11,13,15H,9-10,12,14H2,1-4H3,(H,28,32)(H,29,33)/t26-/m0/s1. The van der Waals surface area contributed by atoms with Gasteiger partial charge in [0.15, 0.2) is 21.5 Å². The molecule has 37 heavy (non-hydrogen) atoms. The number of carbonyl (C=O) groups excluding carboxylic acids is 2. The SMILES string of the molecule is Cc1ccc(-n2nc3c(c2NC(=O)CS(C)(=O)=O)C(=O)N[C@@]2(CCc4cc(OC(C)C)ccc42)C3)nc1. The van der Waals surface area contributed by atoms with E-state index in [1.165, 1.54) is 4.68 Å². The number of benzene rings is 1. The summed E-state index contributed by atoms with van der Waals surface area (Å²) in [5.41, 5.74) is 3.16. The smallest absolute Gasteiger partial charge is 0.257 e. The average molecular weight is 524 g/mol.